The number of carbonyl (C=O) groups excluding carboxylic acids is 2. The summed E-state index contributed by atoms with van der Waals surface area (Å²) in [7, 11) is 3.08. The summed E-state index contributed by atoms with van der Waals surface area (Å²) in [5.41, 5.74) is 1.20. The third-order valence-corrected chi connectivity index (χ3v) is 6.43. The van der Waals surface area contributed by atoms with Crippen LogP contribution in [-0.4, -0.2) is 36.5 Å². The molecular weight excluding hydrogens is 474 g/mol. The smallest absolute Gasteiger partial charge is 0.161 e. The van der Waals surface area contributed by atoms with Crippen molar-refractivity contribution in [2.24, 2.45) is 5.92 Å². The van der Waals surface area contributed by atoms with Crippen molar-refractivity contribution < 1.29 is 24.2 Å². The standard InChI is InChI=1S/C25H28BrNO5/c1-14(28)22-19(27-18-9-7-17(26)8-10-18)13-25(3,30)24(15(2)29)23(22)16-6-11-20(31-4)21(12-16)32-5/h6-12,23-24,27,30H,13H2,1-5H3. The summed E-state index contributed by atoms with van der Waals surface area (Å²) in [6.07, 6.45) is 0.145. The van der Waals surface area contributed by atoms with Crippen molar-refractivity contribution in [1.29, 1.82) is 0 Å². The highest BCUT2D eigenvalue weighted by atomic mass is 79.9. The number of hydrogen-bond donors (Lipinski definition) is 2. The summed E-state index contributed by atoms with van der Waals surface area (Å²) in [6.45, 7) is 4.59. The van der Waals surface area contributed by atoms with Gasteiger partial charge in [0, 0.05) is 33.8 Å². The van der Waals surface area contributed by atoms with Gasteiger partial charge in [-0.25, -0.2) is 0 Å². The highest BCUT2D eigenvalue weighted by Crippen LogP contribution is 2.49. The largest absolute Gasteiger partial charge is 0.493 e. The third-order valence-electron chi connectivity index (χ3n) is 5.90. The molecular formula is C25H28BrNO5. The van der Waals surface area contributed by atoms with E-state index in [9.17, 15) is 14.7 Å². The van der Waals surface area contributed by atoms with Crippen LogP contribution >= 0.6 is 15.9 Å². The lowest BCUT2D eigenvalue weighted by atomic mass is 9.64. The topological polar surface area (TPSA) is 84.9 Å². The first kappa shape index (κ1) is 24.0. The van der Waals surface area contributed by atoms with Crippen molar-refractivity contribution in [3.63, 3.8) is 0 Å². The van der Waals surface area contributed by atoms with Crippen molar-refractivity contribution >= 4 is 33.2 Å². The van der Waals surface area contributed by atoms with Gasteiger partial charge >= 0.3 is 0 Å². The summed E-state index contributed by atoms with van der Waals surface area (Å²) in [4.78, 5) is 25.7. The zero-order chi connectivity index (χ0) is 23.6. The number of methoxy groups -OCH3 is 2. The molecule has 0 bridgehead atoms. The lowest BCUT2D eigenvalue weighted by molar-refractivity contribution is -0.131. The van der Waals surface area contributed by atoms with E-state index in [2.05, 4.69) is 21.2 Å². The summed E-state index contributed by atoms with van der Waals surface area (Å²) in [5.74, 6) is -0.758. The molecule has 0 aliphatic heterocycles. The molecule has 0 aromatic heterocycles. The summed E-state index contributed by atoms with van der Waals surface area (Å²) in [5, 5.41) is 14.7. The van der Waals surface area contributed by atoms with Crippen LogP contribution in [0.4, 0.5) is 5.69 Å². The number of benzene rings is 2. The van der Waals surface area contributed by atoms with Crippen LogP contribution in [0.5, 0.6) is 11.5 Å². The summed E-state index contributed by atoms with van der Waals surface area (Å²) in [6, 6.07) is 12.9. The maximum atomic E-state index is 12.9. The number of halogens is 1. The van der Waals surface area contributed by atoms with Crippen molar-refractivity contribution in [3.05, 3.63) is 63.8 Å². The lowest BCUT2D eigenvalue weighted by Gasteiger charge is -2.43. The highest BCUT2D eigenvalue weighted by molar-refractivity contribution is 9.10. The van der Waals surface area contributed by atoms with E-state index in [0.29, 0.717) is 28.3 Å². The van der Waals surface area contributed by atoms with Crippen LogP contribution < -0.4 is 14.8 Å². The molecule has 170 valence electrons. The molecule has 0 spiro atoms. The van der Waals surface area contributed by atoms with Crippen LogP contribution in [0.1, 0.15) is 38.7 Å². The van der Waals surface area contributed by atoms with Crippen LogP contribution in [0.3, 0.4) is 0 Å². The number of aliphatic hydroxyl groups is 1. The van der Waals surface area contributed by atoms with E-state index in [-0.39, 0.29) is 18.0 Å². The molecule has 0 amide bonds. The van der Waals surface area contributed by atoms with Crippen molar-refractivity contribution in [2.45, 2.75) is 38.7 Å². The van der Waals surface area contributed by atoms with E-state index >= 15 is 0 Å². The Morgan fingerprint density at radius 1 is 1.06 bits per heavy atom. The molecule has 3 rings (SSSR count). The molecule has 2 N–H and O–H groups in total. The zero-order valence-electron chi connectivity index (χ0n) is 18.9. The average Bonchev–Trinajstić information content (AvgIpc) is 2.73. The van der Waals surface area contributed by atoms with Crippen LogP contribution in [0.15, 0.2) is 58.2 Å². The molecule has 0 radical (unpaired) electrons. The second-order valence-corrected chi connectivity index (χ2v) is 9.21. The number of ketones is 2. The molecule has 7 heteroatoms. The Hall–Kier alpha value is -2.64. The molecule has 1 aliphatic carbocycles. The minimum Gasteiger partial charge on any atom is -0.493 e. The van der Waals surface area contributed by atoms with Gasteiger partial charge in [0.15, 0.2) is 17.3 Å². The summed E-state index contributed by atoms with van der Waals surface area (Å²) < 4.78 is 11.7. The molecule has 3 unspecified atom stereocenters. The number of Topliss-reactive ketones (excluding diaryl/α,β-unsaturated/α-hetero) is 2. The first-order valence-electron chi connectivity index (χ1n) is 10.3. The Labute approximate surface area is 196 Å². The Bertz CT molecular complexity index is 1060. The first-order chi connectivity index (χ1) is 15.1. The fourth-order valence-corrected chi connectivity index (χ4v) is 4.87. The predicted molar refractivity (Wildman–Crippen MR) is 127 cm³/mol. The molecule has 0 heterocycles. The quantitative estimate of drug-likeness (QED) is 0.563. The number of anilines is 1. The molecule has 0 fully saturated rings. The van der Waals surface area contributed by atoms with Gasteiger partial charge in [-0.05, 0) is 62.7 Å². The van der Waals surface area contributed by atoms with Crippen molar-refractivity contribution in [2.75, 3.05) is 19.5 Å². The molecule has 1 aliphatic rings. The van der Waals surface area contributed by atoms with Gasteiger partial charge in [-0.1, -0.05) is 22.0 Å². The number of rotatable bonds is 7. The predicted octanol–water partition coefficient (Wildman–Crippen LogP) is 4.87. The Balaban J connectivity index is 2.23. The Kier molecular flexibility index (Phi) is 7.10. The SMILES string of the molecule is COc1ccc(C2C(C(C)=O)=C(Nc3ccc(Br)cc3)CC(C)(O)C2C(C)=O)cc1OC. The molecule has 0 saturated carbocycles. The molecule has 2 aromatic carbocycles. The van der Waals surface area contributed by atoms with Gasteiger partial charge in [-0.15, -0.1) is 0 Å². The molecule has 6 nitrogen and oxygen atoms in total. The van der Waals surface area contributed by atoms with E-state index < -0.39 is 17.4 Å². The van der Waals surface area contributed by atoms with E-state index in [0.717, 1.165) is 10.2 Å². The third kappa shape index (κ3) is 4.74. The van der Waals surface area contributed by atoms with Crippen LogP contribution in [-0.2, 0) is 9.59 Å². The number of hydrogen-bond acceptors (Lipinski definition) is 6. The van der Waals surface area contributed by atoms with E-state index in [1.165, 1.54) is 21.0 Å². The van der Waals surface area contributed by atoms with Crippen LogP contribution in [0.25, 0.3) is 0 Å². The maximum absolute atomic E-state index is 12.9. The fourth-order valence-electron chi connectivity index (χ4n) is 4.60. The zero-order valence-corrected chi connectivity index (χ0v) is 20.4. The highest BCUT2D eigenvalue weighted by Gasteiger charge is 2.49. The van der Waals surface area contributed by atoms with Gasteiger partial charge in [0.1, 0.15) is 5.78 Å². The van der Waals surface area contributed by atoms with Gasteiger partial charge < -0.3 is 19.9 Å². The van der Waals surface area contributed by atoms with E-state index in [1.807, 2.05) is 30.3 Å². The molecule has 32 heavy (non-hydrogen) atoms. The monoisotopic (exact) mass is 501 g/mol. The van der Waals surface area contributed by atoms with E-state index in [4.69, 9.17) is 9.47 Å². The Morgan fingerprint density at radius 3 is 2.22 bits per heavy atom. The van der Waals surface area contributed by atoms with Crippen LogP contribution in [0, 0.1) is 5.92 Å². The summed E-state index contributed by atoms with van der Waals surface area (Å²) >= 11 is 3.42. The van der Waals surface area contributed by atoms with Crippen molar-refractivity contribution in [3.8, 4) is 11.5 Å². The second-order valence-electron chi connectivity index (χ2n) is 8.29. The van der Waals surface area contributed by atoms with Crippen LogP contribution in [0.2, 0.25) is 0 Å². The normalized spacial score (nSPS) is 23.0. The lowest BCUT2D eigenvalue weighted by Crippen LogP contribution is -2.48. The minimum atomic E-state index is -1.36. The number of ether oxygens (including phenoxy) is 2. The molecule has 2 aromatic rings. The number of nitrogens with one attached hydrogen (secondary N) is 1. The molecule has 0 saturated heterocycles. The fraction of sp³-hybridized carbons (Fsp3) is 0.360. The minimum absolute atomic E-state index is 0.145. The van der Waals surface area contributed by atoms with Gasteiger partial charge in [-0.3, -0.25) is 9.59 Å². The van der Waals surface area contributed by atoms with E-state index in [1.54, 1.807) is 26.2 Å². The van der Waals surface area contributed by atoms with Gasteiger partial charge in [-0.2, -0.15) is 0 Å². The second kappa shape index (κ2) is 9.46. The molecule has 3 atom stereocenters. The Morgan fingerprint density at radius 2 is 1.69 bits per heavy atom. The average molecular weight is 502 g/mol. The van der Waals surface area contributed by atoms with Crippen molar-refractivity contribution in [1.82, 2.24) is 0 Å². The number of carbonyl (C=O) groups is 2. The van der Waals surface area contributed by atoms with Gasteiger partial charge in [0.05, 0.1) is 25.7 Å². The number of allylic oxidation sites excluding steroid dienone is 1. The van der Waals surface area contributed by atoms with Gasteiger partial charge in [0.2, 0.25) is 0 Å². The maximum Gasteiger partial charge on any atom is 0.161 e. The van der Waals surface area contributed by atoms with Gasteiger partial charge in [0.25, 0.3) is 0 Å². The first-order valence-corrected chi connectivity index (χ1v) is 11.1.